The van der Waals surface area contributed by atoms with Crippen LogP contribution in [0.4, 0.5) is 0 Å². The molecule has 22 heavy (non-hydrogen) atoms. The summed E-state index contributed by atoms with van der Waals surface area (Å²) in [5.74, 6) is 1.88. The minimum absolute atomic E-state index is 0.0393. The van der Waals surface area contributed by atoms with Crippen molar-refractivity contribution in [1.29, 1.82) is 0 Å². The van der Waals surface area contributed by atoms with Gasteiger partial charge in [0.25, 0.3) is 5.91 Å². The molecule has 2 rings (SSSR count). The van der Waals surface area contributed by atoms with Crippen molar-refractivity contribution in [3.8, 4) is 12.3 Å². The average molecular weight is 334 g/mol. The van der Waals surface area contributed by atoms with Gasteiger partial charge >= 0.3 is 0 Å². The van der Waals surface area contributed by atoms with E-state index in [2.05, 4.69) is 16.0 Å². The summed E-state index contributed by atoms with van der Waals surface area (Å²) in [5, 5.41) is 4.37. The Morgan fingerprint density at radius 3 is 2.77 bits per heavy atom. The number of carbonyl (C=O) groups is 1. The molecule has 0 atom stereocenters. The molecule has 1 heterocycles. The Balaban J connectivity index is 2.13. The average Bonchev–Trinajstić information content (AvgIpc) is 3.04. The number of nitrogens with one attached hydrogen (secondary N) is 2. The molecular formula is C15H14N2O3S2. The third-order valence-electron chi connectivity index (χ3n) is 2.77. The molecule has 1 aromatic carbocycles. The van der Waals surface area contributed by atoms with Crippen LogP contribution in [0.25, 0.3) is 0 Å². The van der Waals surface area contributed by atoms with E-state index in [1.165, 1.54) is 35.6 Å². The van der Waals surface area contributed by atoms with Crippen LogP contribution >= 0.6 is 11.3 Å². The quantitative estimate of drug-likeness (QED) is 0.788. The van der Waals surface area contributed by atoms with Crippen molar-refractivity contribution in [3.05, 3.63) is 52.2 Å². The number of hydrogen-bond donors (Lipinski definition) is 2. The van der Waals surface area contributed by atoms with Crippen LogP contribution in [0.3, 0.4) is 0 Å². The Morgan fingerprint density at radius 2 is 2.09 bits per heavy atom. The van der Waals surface area contributed by atoms with Gasteiger partial charge in [-0.1, -0.05) is 18.1 Å². The molecule has 0 aliphatic carbocycles. The lowest BCUT2D eigenvalue weighted by Gasteiger charge is -2.07. The van der Waals surface area contributed by atoms with E-state index in [0.29, 0.717) is 0 Å². The van der Waals surface area contributed by atoms with E-state index >= 15 is 0 Å². The van der Waals surface area contributed by atoms with Crippen LogP contribution in [0.2, 0.25) is 0 Å². The van der Waals surface area contributed by atoms with Gasteiger partial charge < -0.3 is 5.32 Å². The normalized spacial score (nSPS) is 10.9. The van der Waals surface area contributed by atoms with E-state index in [4.69, 9.17) is 6.42 Å². The van der Waals surface area contributed by atoms with Crippen molar-refractivity contribution in [2.45, 2.75) is 11.4 Å². The number of hydrogen-bond acceptors (Lipinski definition) is 4. The molecule has 114 valence electrons. The zero-order chi connectivity index (χ0) is 16.0. The molecule has 0 spiro atoms. The Kier molecular flexibility index (Phi) is 5.33. The lowest BCUT2D eigenvalue weighted by molar-refractivity contribution is 0.0958. The van der Waals surface area contributed by atoms with Crippen LogP contribution in [0.15, 0.2) is 46.7 Å². The van der Waals surface area contributed by atoms with Gasteiger partial charge in [-0.25, -0.2) is 13.1 Å². The SMILES string of the molecule is C#CCNC(=O)c1cccc(S(=O)(=O)NCc2cccs2)c1. The smallest absolute Gasteiger partial charge is 0.252 e. The summed E-state index contributed by atoms with van der Waals surface area (Å²) >= 11 is 1.47. The number of amides is 1. The first kappa shape index (κ1) is 16.2. The zero-order valence-electron chi connectivity index (χ0n) is 11.6. The third-order valence-corrected chi connectivity index (χ3v) is 5.05. The van der Waals surface area contributed by atoms with Gasteiger partial charge in [-0.2, -0.15) is 0 Å². The summed E-state index contributed by atoms with van der Waals surface area (Å²) in [4.78, 5) is 12.8. The maximum absolute atomic E-state index is 12.2. The van der Waals surface area contributed by atoms with E-state index in [1.807, 2.05) is 17.5 Å². The van der Waals surface area contributed by atoms with Crippen LogP contribution in [0, 0.1) is 12.3 Å². The minimum atomic E-state index is -3.68. The number of sulfonamides is 1. The molecule has 0 fully saturated rings. The molecule has 1 aromatic heterocycles. The fourth-order valence-corrected chi connectivity index (χ4v) is 3.49. The van der Waals surface area contributed by atoms with Crippen LogP contribution in [-0.4, -0.2) is 20.9 Å². The van der Waals surface area contributed by atoms with Crippen LogP contribution in [0.5, 0.6) is 0 Å². The van der Waals surface area contributed by atoms with Gasteiger partial charge in [-0.05, 0) is 29.6 Å². The first-order valence-electron chi connectivity index (χ1n) is 6.37. The Bertz CT molecular complexity index is 790. The van der Waals surface area contributed by atoms with Crippen LogP contribution in [0.1, 0.15) is 15.2 Å². The lowest BCUT2D eigenvalue weighted by atomic mass is 10.2. The summed E-state index contributed by atoms with van der Waals surface area (Å²) in [6, 6.07) is 9.51. The molecular weight excluding hydrogens is 320 g/mol. The molecule has 2 N–H and O–H groups in total. The number of benzene rings is 1. The standard InChI is InChI=1S/C15H14N2O3S2/c1-2-8-16-15(18)12-5-3-7-14(10-12)22(19,20)17-11-13-6-4-9-21-13/h1,3-7,9-10,17H,8,11H2,(H,16,18). The predicted octanol–water partition coefficient (Wildman–Crippen LogP) is 1.59. The Morgan fingerprint density at radius 1 is 1.27 bits per heavy atom. The molecule has 0 saturated carbocycles. The van der Waals surface area contributed by atoms with Crippen molar-refractivity contribution in [3.63, 3.8) is 0 Å². The van der Waals surface area contributed by atoms with Crippen LogP contribution < -0.4 is 10.0 Å². The third kappa shape index (κ3) is 4.18. The molecule has 5 nitrogen and oxygen atoms in total. The topological polar surface area (TPSA) is 75.3 Å². The van der Waals surface area contributed by atoms with Crippen molar-refractivity contribution in [2.75, 3.05) is 6.54 Å². The number of thiophene rings is 1. The van der Waals surface area contributed by atoms with E-state index in [0.717, 1.165) is 4.88 Å². The second kappa shape index (κ2) is 7.22. The predicted molar refractivity (Wildman–Crippen MR) is 86.0 cm³/mol. The molecule has 1 amide bonds. The van der Waals surface area contributed by atoms with E-state index in [9.17, 15) is 13.2 Å². The molecule has 7 heteroatoms. The molecule has 0 bridgehead atoms. The summed E-state index contributed by atoms with van der Waals surface area (Å²) in [6.07, 6.45) is 5.07. The van der Waals surface area contributed by atoms with Gasteiger partial charge in [0.15, 0.2) is 0 Å². The Labute approximate surface area is 133 Å². The van der Waals surface area contributed by atoms with Crippen LogP contribution in [-0.2, 0) is 16.6 Å². The number of terminal acetylenes is 1. The summed E-state index contributed by atoms with van der Waals surface area (Å²) < 4.78 is 27.0. The summed E-state index contributed by atoms with van der Waals surface area (Å²) in [7, 11) is -3.68. The summed E-state index contributed by atoms with van der Waals surface area (Å²) in [6.45, 7) is 0.306. The van der Waals surface area contributed by atoms with Gasteiger partial charge in [0.05, 0.1) is 11.4 Å². The Hall–Kier alpha value is -2.14. The first-order chi connectivity index (χ1) is 10.5. The van der Waals surface area contributed by atoms with E-state index in [1.54, 1.807) is 0 Å². The monoisotopic (exact) mass is 334 g/mol. The van der Waals surface area contributed by atoms with Crippen molar-refractivity contribution in [1.82, 2.24) is 10.0 Å². The van der Waals surface area contributed by atoms with Gasteiger partial charge in [-0.15, -0.1) is 17.8 Å². The van der Waals surface area contributed by atoms with Gasteiger partial charge in [0, 0.05) is 17.0 Å². The second-order valence-electron chi connectivity index (χ2n) is 4.32. The highest BCUT2D eigenvalue weighted by molar-refractivity contribution is 7.89. The highest BCUT2D eigenvalue weighted by Gasteiger charge is 2.16. The fourth-order valence-electron chi connectivity index (χ4n) is 1.70. The number of carbonyl (C=O) groups excluding carboxylic acids is 1. The largest absolute Gasteiger partial charge is 0.341 e. The highest BCUT2D eigenvalue weighted by Crippen LogP contribution is 2.14. The minimum Gasteiger partial charge on any atom is -0.341 e. The first-order valence-corrected chi connectivity index (χ1v) is 8.73. The second-order valence-corrected chi connectivity index (χ2v) is 7.12. The molecule has 2 aromatic rings. The van der Waals surface area contributed by atoms with Crippen molar-refractivity contribution in [2.24, 2.45) is 0 Å². The van der Waals surface area contributed by atoms with E-state index in [-0.39, 0.29) is 23.5 Å². The van der Waals surface area contributed by atoms with Gasteiger partial charge in [-0.3, -0.25) is 4.79 Å². The molecule has 0 radical (unpaired) electrons. The molecule has 0 aliphatic rings. The molecule has 0 aliphatic heterocycles. The van der Waals surface area contributed by atoms with Gasteiger partial charge in [0.2, 0.25) is 10.0 Å². The summed E-state index contributed by atoms with van der Waals surface area (Å²) in [5.41, 5.74) is 0.245. The molecule has 0 unspecified atom stereocenters. The number of rotatable bonds is 6. The van der Waals surface area contributed by atoms with Crippen molar-refractivity contribution >= 4 is 27.3 Å². The highest BCUT2D eigenvalue weighted by atomic mass is 32.2. The van der Waals surface area contributed by atoms with Crippen molar-refractivity contribution < 1.29 is 13.2 Å². The van der Waals surface area contributed by atoms with Gasteiger partial charge in [0.1, 0.15) is 0 Å². The fraction of sp³-hybridized carbons (Fsp3) is 0.133. The lowest BCUT2D eigenvalue weighted by Crippen LogP contribution is -2.25. The maximum Gasteiger partial charge on any atom is 0.252 e. The van der Waals surface area contributed by atoms with E-state index < -0.39 is 15.9 Å². The zero-order valence-corrected chi connectivity index (χ0v) is 13.2. The molecule has 0 saturated heterocycles. The maximum atomic E-state index is 12.2.